The first kappa shape index (κ1) is 10.4. The van der Waals surface area contributed by atoms with E-state index in [9.17, 15) is 8.42 Å². The Morgan fingerprint density at radius 1 is 1.33 bits per heavy atom. The van der Waals surface area contributed by atoms with Crippen LogP contribution in [0.4, 0.5) is 5.69 Å². The monoisotopic (exact) mass is 227 g/mol. The maximum Gasteiger partial charge on any atom is 0.240 e. The Bertz CT molecular complexity index is 452. The Morgan fingerprint density at radius 2 is 2.07 bits per heavy atom. The minimum atomic E-state index is -3.65. The third-order valence-electron chi connectivity index (χ3n) is 2.32. The Balaban J connectivity index is 2.46. The summed E-state index contributed by atoms with van der Waals surface area (Å²) in [4.78, 5) is 0.166. The highest BCUT2D eigenvalue weighted by atomic mass is 32.2. The van der Waals surface area contributed by atoms with Crippen molar-refractivity contribution in [3.8, 4) is 0 Å². The van der Waals surface area contributed by atoms with Gasteiger partial charge in [-0.15, -0.1) is 0 Å². The zero-order valence-corrected chi connectivity index (χ0v) is 9.00. The molecule has 1 heterocycles. The van der Waals surface area contributed by atoms with Crippen LogP contribution in [0.25, 0.3) is 0 Å². The second kappa shape index (κ2) is 3.80. The van der Waals surface area contributed by atoms with E-state index in [1.54, 1.807) is 18.2 Å². The van der Waals surface area contributed by atoms with Crippen molar-refractivity contribution in [3.63, 3.8) is 0 Å². The van der Waals surface area contributed by atoms with E-state index in [-0.39, 0.29) is 4.90 Å². The molecule has 15 heavy (non-hydrogen) atoms. The van der Waals surface area contributed by atoms with Crippen molar-refractivity contribution in [3.05, 3.63) is 24.3 Å². The first-order valence-electron chi connectivity index (χ1n) is 4.72. The van der Waals surface area contributed by atoms with Crippen LogP contribution in [0.15, 0.2) is 29.2 Å². The molecule has 1 aromatic carbocycles. The molecule has 0 radical (unpaired) electrons. The van der Waals surface area contributed by atoms with Crippen LogP contribution in [0.3, 0.4) is 0 Å². The van der Waals surface area contributed by atoms with Crippen LogP contribution >= 0.6 is 0 Å². The predicted molar refractivity (Wildman–Crippen MR) is 57.8 cm³/mol. The number of hydrogen-bond acceptors (Lipinski definition) is 4. The van der Waals surface area contributed by atoms with Crippen LogP contribution in [0.5, 0.6) is 0 Å². The highest BCUT2D eigenvalue weighted by Gasteiger charge is 2.20. The van der Waals surface area contributed by atoms with E-state index in [1.807, 2.05) is 5.01 Å². The molecule has 1 aromatic rings. The molecule has 0 aromatic heterocycles. The van der Waals surface area contributed by atoms with Crippen LogP contribution in [-0.4, -0.2) is 21.5 Å². The molecular formula is C9H13N3O2S. The van der Waals surface area contributed by atoms with Crippen molar-refractivity contribution in [1.29, 1.82) is 0 Å². The maximum atomic E-state index is 11.3. The van der Waals surface area contributed by atoms with E-state index < -0.39 is 10.0 Å². The fourth-order valence-corrected chi connectivity index (χ4v) is 2.39. The standard InChI is InChI=1S/C9H13N3O2S/c10-15(13,14)9-5-2-1-4-8(9)12-7-3-6-11-12/h1-2,4-5,11H,3,6-7H2,(H2,10,13,14). The number of nitrogens with zero attached hydrogens (tertiary/aromatic N) is 1. The topological polar surface area (TPSA) is 75.4 Å². The molecule has 3 N–H and O–H groups in total. The molecule has 0 aliphatic carbocycles. The minimum Gasteiger partial charge on any atom is -0.307 e. The number of nitrogens with two attached hydrogens (primary N) is 1. The Hall–Kier alpha value is -1.11. The first-order chi connectivity index (χ1) is 7.09. The van der Waals surface area contributed by atoms with Gasteiger partial charge in [0.2, 0.25) is 10.0 Å². The molecule has 0 spiro atoms. The van der Waals surface area contributed by atoms with E-state index in [4.69, 9.17) is 5.14 Å². The van der Waals surface area contributed by atoms with Gasteiger partial charge in [-0.05, 0) is 18.6 Å². The molecule has 6 heteroatoms. The minimum absolute atomic E-state index is 0.166. The molecule has 0 unspecified atom stereocenters. The second-order valence-electron chi connectivity index (χ2n) is 3.43. The smallest absolute Gasteiger partial charge is 0.240 e. The van der Waals surface area contributed by atoms with Crippen LogP contribution in [0, 0.1) is 0 Å². The highest BCUT2D eigenvalue weighted by Crippen LogP contribution is 2.23. The average molecular weight is 227 g/mol. The van der Waals surface area contributed by atoms with Gasteiger partial charge in [0, 0.05) is 13.1 Å². The number of anilines is 1. The second-order valence-corrected chi connectivity index (χ2v) is 4.96. The molecular weight excluding hydrogens is 214 g/mol. The Labute approximate surface area is 88.9 Å². The van der Waals surface area contributed by atoms with Crippen LogP contribution in [0.1, 0.15) is 6.42 Å². The average Bonchev–Trinajstić information content (AvgIpc) is 2.69. The lowest BCUT2D eigenvalue weighted by Crippen LogP contribution is -2.32. The zero-order chi connectivity index (χ0) is 10.9. The fourth-order valence-electron chi connectivity index (χ4n) is 1.66. The van der Waals surface area contributed by atoms with Gasteiger partial charge in [0.1, 0.15) is 4.90 Å². The lowest BCUT2D eigenvalue weighted by atomic mass is 10.3. The highest BCUT2D eigenvalue weighted by molar-refractivity contribution is 7.89. The summed E-state index contributed by atoms with van der Waals surface area (Å²) in [6.07, 6.45) is 0.999. The van der Waals surface area contributed by atoms with Gasteiger partial charge in [0.25, 0.3) is 0 Å². The van der Waals surface area contributed by atoms with Gasteiger partial charge in [0.05, 0.1) is 5.69 Å². The predicted octanol–water partition coefficient (Wildman–Crippen LogP) is 0.0487. The van der Waals surface area contributed by atoms with Crippen LogP contribution in [-0.2, 0) is 10.0 Å². The fraction of sp³-hybridized carbons (Fsp3) is 0.333. The van der Waals surface area contributed by atoms with Gasteiger partial charge >= 0.3 is 0 Å². The third kappa shape index (κ3) is 2.11. The molecule has 1 aliphatic heterocycles. The number of hydrogen-bond donors (Lipinski definition) is 2. The van der Waals surface area contributed by atoms with E-state index in [1.165, 1.54) is 6.07 Å². The van der Waals surface area contributed by atoms with E-state index in [2.05, 4.69) is 5.43 Å². The van der Waals surface area contributed by atoms with Crippen molar-refractivity contribution in [2.24, 2.45) is 5.14 Å². The first-order valence-corrected chi connectivity index (χ1v) is 6.26. The van der Waals surface area contributed by atoms with Crippen molar-refractivity contribution in [1.82, 2.24) is 5.43 Å². The number of hydrazine groups is 1. The summed E-state index contributed by atoms with van der Waals surface area (Å²) in [5.74, 6) is 0. The number of nitrogens with one attached hydrogen (secondary N) is 1. The summed E-state index contributed by atoms with van der Waals surface area (Å²) >= 11 is 0. The molecule has 0 saturated carbocycles. The SMILES string of the molecule is NS(=O)(=O)c1ccccc1N1CCCN1. The van der Waals surface area contributed by atoms with Crippen LogP contribution < -0.4 is 15.6 Å². The number of benzene rings is 1. The van der Waals surface area contributed by atoms with Crippen molar-refractivity contribution >= 4 is 15.7 Å². The molecule has 1 saturated heterocycles. The molecule has 5 nitrogen and oxygen atoms in total. The maximum absolute atomic E-state index is 11.3. The van der Waals surface area contributed by atoms with E-state index >= 15 is 0 Å². The summed E-state index contributed by atoms with van der Waals surface area (Å²) in [5.41, 5.74) is 3.72. The van der Waals surface area contributed by atoms with Gasteiger partial charge in [-0.3, -0.25) is 0 Å². The molecule has 0 amide bonds. The molecule has 0 atom stereocenters. The van der Waals surface area contributed by atoms with Crippen molar-refractivity contribution < 1.29 is 8.42 Å². The third-order valence-corrected chi connectivity index (χ3v) is 3.28. The lowest BCUT2D eigenvalue weighted by molar-refractivity contribution is 0.597. The largest absolute Gasteiger partial charge is 0.307 e. The molecule has 82 valence electrons. The Kier molecular flexibility index (Phi) is 2.64. The molecule has 2 rings (SSSR count). The summed E-state index contributed by atoms with van der Waals surface area (Å²) in [7, 11) is -3.65. The van der Waals surface area contributed by atoms with Crippen molar-refractivity contribution in [2.45, 2.75) is 11.3 Å². The molecule has 1 fully saturated rings. The van der Waals surface area contributed by atoms with Gasteiger partial charge in [-0.25, -0.2) is 19.0 Å². The Morgan fingerprint density at radius 3 is 2.67 bits per heavy atom. The van der Waals surface area contributed by atoms with Gasteiger partial charge in [0.15, 0.2) is 0 Å². The van der Waals surface area contributed by atoms with Crippen LogP contribution in [0.2, 0.25) is 0 Å². The van der Waals surface area contributed by atoms with E-state index in [0.29, 0.717) is 5.69 Å². The number of rotatable bonds is 2. The number of primary sulfonamides is 1. The summed E-state index contributed by atoms with van der Waals surface area (Å²) in [6.45, 7) is 1.66. The van der Waals surface area contributed by atoms with Gasteiger partial charge in [-0.2, -0.15) is 0 Å². The quantitative estimate of drug-likeness (QED) is 0.748. The number of para-hydroxylation sites is 1. The summed E-state index contributed by atoms with van der Waals surface area (Å²) in [5, 5.41) is 6.96. The zero-order valence-electron chi connectivity index (χ0n) is 8.18. The normalized spacial score (nSPS) is 17.0. The number of sulfonamides is 1. The summed E-state index contributed by atoms with van der Waals surface area (Å²) in [6, 6.07) is 6.73. The molecule has 0 bridgehead atoms. The van der Waals surface area contributed by atoms with Crippen molar-refractivity contribution in [2.75, 3.05) is 18.1 Å². The summed E-state index contributed by atoms with van der Waals surface area (Å²) < 4.78 is 22.7. The van der Waals surface area contributed by atoms with Gasteiger partial charge < -0.3 is 5.01 Å². The molecule has 1 aliphatic rings. The lowest BCUT2D eigenvalue weighted by Gasteiger charge is -2.20. The van der Waals surface area contributed by atoms with E-state index in [0.717, 1.165) is 19.5 Å². The van der Waals surface area contributed by atoms with Gasteiger partial charge in [-0.1, -0.05) is 12.1 Å².